The maximum atomic E-state index is 12.6. The van der Waals surface area contributed by atoms with E-state index < -0.39 is 23.9 Å². The number of hydrogen-bond donors (Lipinski definition) is 0. The highest BCUT2D eigenvalue weighted by atomic mass is 17.2. The Morgan fingerprint density at radius 3 is 1.47 bits per heavy atom. The normalized spacial score (nSPS) is 13.5. The largest absolute Gasteiger partial charge is 0.494 e. The number of unbranched alkanes of at least 4 members (excludes halogenated alkanes) is 2. The fourth-order valence-corrected chi connectivity index (χ4v) is 8.05. The lowest BCUT2D eigenvalue weighted by atomic mass is 9.77. The Hall–Kier alpha value is -7.88. The molecule has 1 aliphatic rings. The molecule has 15 nitrogen and oxygen atoms in total. The molecule has 0 amide bonds. The molecule has 15 heteroatoms. The zero-order valence-corrected chi connectivity index (χ0v) is 45.0. The summed E-state index contributed by atoms with van der Waals surface area (Å²) in [4.78, 5) is 56.9. The first-order valence-electron chi connectivity index (χ1n) is 26.6. The summed E-state index contributed by atoms with van der Waals surface area (Å²) in [6.45, 7) is 16.9. The first-order valence-corrected chi connectivity index (χ1v) is 26.6. The number of benzene rings is 5. The molecular weight excluding hydrogens is 997 g/mol. The van der Waals surface area contributed by atoms with Crippen LogP contribution in [0.15, 0.2) is 153 Å². The van der Waals surface area contributed by atoms with Crippen molar-refractivity contribution in [3.63, 3.8) is 0 Å². The zero-order chi connectivity index (χ0) is 55.6. The Labute approximate surface area is 458 Å². The quantitative estimate of drug-likeness (QED) is 0.00568. The van der Waals surface area contributed by atoms with E-state index in [0.29, 0.717) is 110 Å². The van der Waals surface area contributed by atoms with Gasteiger partial charge in [-0.15, -0.1) is 6.58 Å². The van der Waals surface area contributed by atoms with Crippen LogP contribution < -0.4 is 33.2 Å². The van der Waals surface area contributed by atoms with Crippen molar-refractivity contribution in [2.75, 3.05) is 53.0 Å². The Morgan fingerprint density at radius 2 is 0.974 bits per heavy atom. The fourth-order valence-electron chi connectivity index (χ4n) is 8.05. The van der Waals surface area contributed by atoms with Crippen LogP contribution in [0, 0.1) is 12.8 Å². The maximum absolute atomic E-state index is 12.6. The van der Waals surface area contributed by atoms with E-state index in [1.165, 1.54) is 56.9 Å². The summed E-state index contributed by atoms with van der Waals surface area (Å²) in [6, 6.07) is 33.7. The lowest BCUT2D eigenvalue weighted by Gasteiger charge is -2.29. The summed E-state index contributed by atoms with van der Waals surface area (Å²) in [5.41, 5.74) is 2.96. The highest BCUT2D eigenvalue weighted by Gasteiger charge is 2.22. The van der Waals surface area contributed by atoms with Crippen molar-refractivity contribution in [1.29, 1.82) is 0 Å². The van der Waals surface area contributed by atoms with Crippen molar-refractivity contribution >= 4 is 23.9 Å². The molecule has 5 aromatic rings. The van der Waals surface area contributed by atoms with Gasteiger partial charge < -0.3 is 42.6 Å². The van der Waals surface area contributed by atoms with Crippen molar-refractivity contribution in [1.82, 2.24) is 0 Å². The predicted octanol–water partition coefficient (Wildman–Crippen LogP) is 13.3. The minimum atomic E-state index is -0.502. The second-order valence-electron chi connectivity index (χ2n) is 18.2. The molecule has 0 aliphatic heterocycles. The molecule has 0 unspecified atom stereocenters. The SMILES string of the molecule is C=CC(=O)OCCCOc1ccc(C(=O)Oc2ccc(C3CCC(CCCCC)CC3)cc2)cc1.C=CCOOCCCOc1ccc(OCOc2ccc(OC(=O)c3ccc(OCCCOC(=O)C=C)cc3)cc2C)cc1. The molecule has 78 heavy (non-hydrogen) atoms. The third-order valence-corrected chi connectivity index (χ3v) is 12.3. The molecule has 1 aliphatic carbocycles. The summed E-state index contributed by atoms with van der Waals surface area (Å²) in [6.07, 6.45) is 16.2. The lowest BCUT2D eigenvalue weighted by molar-refractivity contribution is -0.287. The molecule has 0 saturated heterocycles. The van der Waals surface area contributed by atoms with Crippen molar-refractivity contribution in [3.05, 3.63) is 175 Å². The number of esters is 4. The van der Waals surface area contributed by atoms with Crippen LogP contribution in [-0.2, 0) is 28.8 Å². The molecular formula is C63H74O15. The van der Waals surface area contributed by atoms with E-state index in [0.717, 1.165) is 23.6 Å². The highest BCUT2D eigenvalue weighted by molar-refractivity contribution is 5.91. The molecule has 1 saturated carbocycles. The third kappa shape index (κ3) is 23.2. The Kier molecular flexibility index (Phi) is 27.7. The van der Waals surface area contributed by atoms with E-state index in [4.69, 9.17) is 52.4 Å². The molecule has 5 aromatic carbocycles. The number of ether oxygens (including phenoxy) is 9. The third-order valence-electron chi connectivity index (χ3n) is 12.3. The van der Waals surface area contributed by atoms with E-state index in [1.54, 1.807) is 84.9 Å². The molecule has 0 aromatic heterocycles. The van der Waals surface area contributed by atoms with Gasteiger partial charge in [0.15, 0.2) is 0 Å². The monoisotopic (exact) mass is 1070 g/mol. The molecule has 0 spiro atoms. The average Bonchev–Trinajstić information content (AvgIpc) is 3.47. The van der Waals surface area contributed by atoms with Crippen molar-refractivity contribution in [3.8, 4) is 40.2 Å². The van der Waals surface area contributed by atoms with Gasteiger partial charge in [-0.1, -0.05) is 64.0 Å². The number of carbonyl (C=O) groups is 4. The van der Waals surface area contributed by atoms with Crippen LogP contribution >= 0.6 is 0 Å². The van der Waals surface area contributed by atoms with E-state index in [2.05, 4.69) is 38.8 Å². The number of aryl methyl sites for hydroxylation is 1. The Bertz CT molecular complexity index is 2580. The van der Waals surface area contributed by atoms with Crippen LogP contribution in [0.25, 0.3) is 0 Å². The smallest absolute Gasteiger partial charge is 0.343 e. The second-order valence-corrected chi connectivity index (χ2v) is 18.2. The molecule has 1 fully saturated rings. The molecule has 0 bridgehead atoms. The minimum Gasteiger partial charge on any atom is -0.494 e. The van der Waals surface area contributed by atoms with Crippen LogP contribution in [0.4, 0.5) is 0 Å². The average molecular weight is 1070 g/mol. The summed E-state index contributed by atoms with van der Waals surface area (Å²) in [5.74, 6) is 3.81. The first kappa shape index (κ1) is 61.0. The van der Waals surface area contributed by atoms with E-state index in [1.807, 2.05) is 31.2 Å². The summed E-state index contributed by atoms with van der Waals surface area (Å²) in [7, 11) is 0. The topological polar surface area (TPSA) is 170 Å². The molecule has 0 heterocycles. The van der Waals surface area contributed by atoms with Crippen LogP contribution in [0.3, 0.4) is 0 Å². The van der Waals surface area contributed by atoms with Gasteiger partial charge in [0.05, 0.1) is 50.8 Å². The first-order chi connectivity index (χ1) is 38.1. The zero-order valence-electron chi connectivity index (χ0n) is 45.0. The summed E-state index contributed by atoms with van der Waals surface area (Å²) >= 11 is 0. The van der Waals surface area contributed by atoms with Crippen molar-refractivity contribution < 1.29 is 71.6 Å². The van der Waals surface area contributed by atoms with E-state index in [-0.39, 0.29) is 20.0 Å². The van der Waals surface area contributed by atoms with Gasteiger partial charge in [-0.25, -0.2) is 29.0 Å². The van der Waals surface area contributed by atoms with E-state index >= 15 is 0 Å². The second kappa shape index (κ2) is 35.4. The van der Waals surface area contributed by atoms with Crippen LogP contribution in [-0.4, -0.2) is 76.9 Å². The van der Waals surface area contributed by atoms with Crippen molar-refractivity contribution in [2.24, 2.45) is 5.92 Å². The maximum Gasteiger partial charge on any atom is 0.343 e. The molecule has 6 rings (SSSR count). The van der Waals surface area contributed by atoms with Gasteiger partial charge in [-0.2, -0.15) is 0 Å². The minimum absolute atomic E-state index is 0.00336. The molecule has 0 N–H and O–H groups in total. The number of hydrogen-bond acceptors (Lipinski definition) is 15. The molecule has 0 radical (unpaired) electrons. The predicted molar refractivity (Wildman–Crippen MR) is 297 cm³/mol. The molecule has 416 valence electrons. The van der Waals surface area contributed by atoms with Crippen LogP contribution in [0.1, 0.15) is 115 Å². The van der Waals surface area contributed by atoms with Gasteiger partial charge in [0.25, 0.3) is 0 Å². The summed E-state index contributed by atoms with van der Waals surface area (Å²) in [5, 5.41) is 0. The van der Waals surface area contributed by atoms with E-state index in [9.17, 15) is 19.2 Å². The van der Waals surface area contributed by atoms with Gasteiger partial charge in [-0.05, 0) is 159 Å². The van der Waals surface area contributed by atoms with Gasteiger partial charge in [-0.3, -0.25) is 0 Å². The summed E-state index contributed by atoms with van der Waals surface area (Å²) < 4.78 is 49.1. The Morgan fingerprint density at radius 1 is 0.500 bits per heavy atom. The van der Waals surface area contributed by atoms with Crippen LogP contribution in [0.2, 0.25) is 0 Å². The fraction of sp³-hybridized carbons (Fsp3) is 0.365. The van der Waals surface area contributed by atoms with Crippen molar-refractivity contribution in [2.45, 2.75) is 90.4 Å². The van der Waals surface area contributed by atoms with Gasteiger partial charge in [0.1, 0.15) is 46.9 Å². The standard InChI is InChI=1S/C33H36O10.C30H38O5/c1-4-18-41-42-22-7-20-37-28-12-14-29(15-13-28)39-24-40-31-17-16-30(23-25(31)3)43-33(35)26-8-10-27(11-9-26)36-19-6-21-38-32(34)5-2;1-3-5-6-8-23-9-11-24(12-10-23)25-13-19-28(20-14-25)35-30(32)26-15-17-27(18-16-26)33-21-7-22-34-29(31)4-2/h4-5,8-17,23H,1-2,6-7,18-22,24H2,3H3;4,13-20,23-24H,2-3,5-12,21-22H2,1H3. The number of rotatable bonds is 33. The van der Waals surface area contributed by atoms with Gasteiger partial charge >= 0.3 is 23.9 Å². The Balaban J connectivity index is 0.000000293. The highest BCUT2D eigenvalue weighted by Crippen LogP contribution is 2.38. The van der Waals surface area contributed by atoms with Gasteiger partial charge in [0.2, 0.25) is 6.79 Å². The molecule has 0 atom stereocenters. The van der Waals surface area contributed by atoms with Gasteiger partial charge in [0, 0.05) is 31.4 Å². The number of carbonyl (C=O) groups excluding carboxylic acids is 4. The van der Waals surface area contributed by atoms with Crippen LogP contribution in [0.5, 0.6) is 40.2 Å². The lowest BCUT2D eigenvalue weighted by Crippen LogP contribution is -2.13.